The molecule has 0 bridgehead atoms. The van der Waals surface area contributed by atoms with E-state index in [4.69, 9.17) is 9.84 Å². The maximum Gasteiger partial charge on any atom is 0.339 e. The van der Waals surface area contributed by atoms with Crippen molar-refractivity contribution in [3.8, 4) is 0 Å². The van der Waals surface area contributed by atoms with Gasteiger partial charge >= 0.3 is 5.97 Å². The smallest absolute Gasteiger partial charge is 0.339 e. The van der Waals surface area contributed by atoms with Gasteiger partial charge in [0.05, 0.1) is 6.20 Å². The topological polar surface area (TPSA) is 84.3 Å². The summed E-state index contributed by atoms with van der Waals surface area (Å²) < 4.78 is 4.94. The molecule has 1 heterocycles. The van der Waals surface area contributed by atoms with Gasteiger partial charge in [0.2, 0.25) is 0 Å². The molecule has 0 fully saturated rings. The van der Waals surface area contributed by atoms with Crippen LogP contribution in [0.15, 0.2) is 12.3 Å². The highest BCUT2D eigenvalue weighted by Crippen LogP contribution is 2.12. The Balaban J connectivity index is 2.69. The molecule has 6 heteroatoms. The maximum absolute atomic E-state index is 10.9. The number of aromatic nitrogens is 2. The van der Waals surface area contributed by atoms with Crippen molar-refractivity contribution in [1.29, 1.82) is 0 Å². The Bertz CT molecular complexity index is 357. The monoisotopic (exact) mass is 225 g/mol. The summed E-state index contributed by atoms with van der Waals surface area (Å²) >= 11 is 0. The van der Waals surface area contributed by atoms with Crippen LogP contribution in [0.5, 0.6) is 0 Å². The highest BCUT2D eigenvalue weighted by atomic mass is 16.5. The van der Waals surface area contributed by atoms with Gasteiger partial charge in [-0.05, 0) is 19.4 Å². The lowest BCUT2D eigenvalue weighted by Crippen LogP contribution is -2.20. The van der Waals surface area contributed by atoms with E-state index in [1.165, 1.54) is 12.3 Å². The molecule has 16 heavy (non-hydrogen) atoms. The molecule has 0 aromatic carbocycles. The highest BCUT2D eigenvalue weighted by molar-refractivity contribution is 5.92. The first kappa shape index (κ1) is 12.4. The zero-order valence-electron chi connectivity index (χ0n) is 9.30. The number of ether oxygens (including phenoxy) is 1. The maximum atomic E-state index is 10.9. The lowest BCUT2D eigenvalue weighted by molar-refractivity contribution is 0.0697. The lowest BCUT2D eigenvalue weighted by Gasteiger charge is -2.14. The molecule has 0 aliphatic rings. The number of hydrogen-bond acceptors (Lipinski definition) is 5. The van der Waals surface area contributed by atoms with E-state index in [9.17, 15) is 4.79 Å². The largest absolute Gasteiger partial charge is 0.478 e. The van der Waals surface area contributed by atoms with E-state index in [0.717, 1.165) is 6.42 Å². The summed E-state index contributed by atoms with van der Waals surface area (Å²) in [5, 5.41) is 19.3. The molecule has 1 rings (SSSR count). The molecule has 0 saturated heterocycles. The molecule has 0 radical (unpaired) electrons. The number of carboxylic acids is 1. The molecule has 0 saturated carbocycles. The van der Waals surface area contributed by atoms with Crippen LogP contribution >= 0.6 is 0 Å². The minimum absolute atomic E-state index is 0.0785. The van der Waals surface area contributed by atoms with E-state index in [1.807, 2.05) is 6.92 Å². The Labute approximate surface area is 93.6 Å². The van der Waals surface area contributed by atoms with Crippen LogP contribution in [-0.4, -0.2) is 41.0 Å². The van der Waals surface area contributed by atoms with Crippen molar-refractivity contribution in [2.45, 2.75) is 19.4 Å². The van der Waals surface area contributed by atoms with Gasteiger partial charge in [0, 0.05) is 19.8 Å². The molecule has 0 aliphatic heterocycles. The summed E-state index contributed by atoms with van der Waals surface area (Å²) in [6.07, 6.45) is 2.13. The summed E-state index contributed by atoms with van der Waals surface area (Å²) in [6, 6.07) is 1.50. The number of methoxy groups -OCH3 is 1. The SMILES string of the molecule is COCCC(C)Nc1nnccc1C(=O)O. The second-order valence-corrected chi connectivity index (χ2v) is 3.43. The van der Waals surface area contributed by atoms with Gasteiger partial charge < -0.3 is 15.2 Å². The van der Waals surface area contributed by atoms with Gasteiger partial charge in [0.15, 0.2) is 5.82 Å². The van der Waals surface area contributed by atoms with E-state index < -0.39 is 5.97 Å². The van der Waals surface area contributed by atoms with E-state index in [2.05, 4.69) is 15.5 Å². The average molecular weight is 225 g/mol. The molecule has 2 N–H and O–H groups in total. The van der Waals surface area contributed by atoms with Gasteiger partial charge in [0.25, 0.3) is 0 Å². The fraction of sp³-hybridized carbons (Fsp3) is 0.500. The second-order valence-electron chi connectivity index (χ2n) is 3.43. The number of anilines is 1. The Morgan fingerprint density at radius 1 is 1.69 bits per heavy atom. The van der Waals surface area contributed by atoms with Crippen molar-refractivity contribution < 1.29 is 14.6 Å². The van der Waals surface area contributed by atoms with Crippen molar-refractivity contribution in [2.75, 3.05) is 19.0 Å². The van der Waals surface area contributed by atoms with Crippen LogP contribution in [0.25, 0.3) is 0 Å². The number of rotatable bonds is 6. The average Bonchev–Trinajstić information content (AvgIpc) is 2.27. The second kappa shape index (κ2) is 6.02. The number of carbonyl (C=O) groups is 1. The van der Waals surface area contributed by atoms with E-state index in [1.54, 1.807) is 7.11 Å². The minimum Gasteiger partial charge on any atom is -0.478 e. The van der Waals surface area contributed by atoms with Crippen LogP contribution in [-0.2, 0) is 4.74 Å². The van der Waals surface area contributed by atoms with E-state index in [0.29, 0.717) is 12.4 Å². The fourth-order valence-electron chi connectivity index (χ4n) is 1.21. The van der Waals surface area contributed by atoms with Gasteiger partial charge in [0.1, 0.15) is 5.56 Å². The summed E-state index contributed by atoms with van der Waals surface area (Å²) in [7, 11) is 1.62. The standard InChI is InChI=1S/C10H15N3O3/c1-7(4-6-16-2)12-9-8(10(14)15)3-5-11-13-9/h3,5,7H,4,6H2,1-2H3,(H,12,13)(H,14,15). The quantitative estimate of drug-likeness (QED) is 0.751. The predicted molar refractivity (Wildman–Crippen MR) is 58.6 cm³/mol. The Morgan fingerprint density at radius 3 is 3.06 bits per heavy atom. The van der Waals surface area contributed by atoms with Crippen LogP contribution < -0.4 is 5.32 Å². The molecule has 6 nitrogen and oxygen atoms in total. The normalized spacial score (nSPS) is 12.1. The molecular formula is C10H15N3O3. The van der Waals surface area contributed by atoms with Crippen molar-refractivity contribution in [3.05, 3.63) is 17.8 Å². The minimum atomic E-state index is -1.02. The van der Waals surface area contributed by atoms with Gasteiger partial charge in [-0.2, -0.15) is 5.10 Å². The third-order valence-corrected chi connectivity index (χ3v) is 2.09. The third kappa shape index (κ3) is 3.47. The zero-order chi connectivity index (χ0) is 12.0. The Hall–Kier alpha value is -1.69. The molecular weight excluding hydrogens is 210 g/mol. The highest BCUT2D eigenvalue weighted by Gasteiger charge is 2.13. The van der Waals surface area contributed by atoms with Crippen LogP contribution in [0.2, 0.25) is 0 Å². The Kier molecular flexibility index (Phi) is 4.65. The van der Waals surface area contributed by atoms with E-state index in [-0.39, 0.29) is 11.6 Å². The van der Waals surface area contributed by atoms with Gasteiger partial charge in [-0.1, -0.05) is 0 Å². The third-order valence-electron chi connectivity index (χ3n) is 2.09. The molecule has 0 spiro atoms. The van der Waals surface area contributed by atoms with Crippen molar-refractivity contribution in [2.24, 2.45) is 0 Å². The lowest BCUT2D eigenvalue weighted by atomic mass is 10.2. The van der Waals surface area contributed by atoms with Crippen LogP contribution in [0.3, 0.4) is 0 Å². The fourth-order valence-corrected chi connectivity index (χ4v) is 1.21. The number of aromatic carboxylic acids is 1. The van der Waals surface area contributed by atoms with Gasteiger partial charge in [-0.3, -0.25) is 0 Å². The first-order valence-corrected chi connectivity index (χ1v) is 4.95. The number of carboxylic acid groups (broad SMARTS) is 1. The van der Waals surface area contributed by atoms with Crippen LogP contribution in [0.1, 0.15) is 23.7 Å². The number of nitrogens with one attached hydrogen (secondary N) is 1. The van der Waals surface area contributed by atoms with E-state index >= 15 is 0 Å². The predicted octanol–water partition coefficient (Wildman–Crippen LogP) is 1.01. The van der Waals surface area contributed by atoms with Crippen LogP contribution in [0.4, 0.5) is 5.82 Å². The van der Waals surface area contributed by atoms with Gasteiger partial charge in [-0.15, -0.1) is 5.10 Å². The van der Waals surface area contributed by atoms with Crippen molar-refractivity contribution in [1.82, 2.24) is 10.2 Å². The first-order valence-electron chi connectivity index (χ1n) is 4.95. The first-order chi connectivity index (χ1) is 7.65. The van der Waals surface area contributed by atoms with Gasteiger partial charge in [-0.25, -0.2) is 4.79 Å². The molecule has 88 valence electrons. The van der Waals surface area contributed by atoms with Crippen LogP contribution in [0, 0.1) is 0 Å². The summed E-state index contributed by atoms with van der Waals surface area (Å²) in [5.41, 5.74) is 0.124. The summed E-state index contributed by atoms with van der Waals surface area (Å²) in [5.74, 6) is -0.727. The Morgan fingerprint density at radius 2 is 2.44 bits per heavy atom. The zero-order valence-corrected chi connectivity index (χ0v) is 9.30. The molecule has 1 atom stereocenters. The molecule has 1 aromatic rings. The summed E-state index contributed by atoms with van der Waals surface area (Å²) in [6.45, 7) is 2.54. The number of nitrogens with zero attached hydrogens (tertiary/aromatic N) is 2. The molecule has 1 aromatic heterocycles. The molecule has 0 aliphatic carbocycles. The summed E-state index contributed by atoms with van der Waals surface area (Å²) in [4.78, 5) is 10.9. The van der Waals surface area contributed by atoms with Crippen molar-refractivity contribution >= 4 is 11.8 Å². The molecule has 1 unspecified atom stereocenters. The van der Waals surface area contributed by atoms with Crippen molar-refractivity contribution in [3.63, 3.8) is 0 Å². The number of hydrogen-bond donors (Lipinski definition) is 2. The molecule has 0 amide bonds.